The van der Waals surface area contributed by atoms with Gasteiger partial charge in [-0.15, -0.1) is 0 Å². The molecule has 1 atom stereocenters. The first-order valence-electron chi connectivity index (χ1n) is 7.34. The molecule has 116 valence electrons. The van der Waals surface area contributed by atoms with E-state index in [1.807, 2.05) is 9.80 Å². The van der Waals surface area contributed by atoms with Gasteiger partial charge in [-0.1, -0.05) is 13.8 Å². The molecule has 6 nitrogen and oxygen atoms in total. The third-order valence-electron chi connectivity index (χ3n) is 3.69. The Hall–Kier alpha value is -1.14. The minimum atomic E-state index is -0.815. The highest BCUT2D eigenvalue weighted by Crippen LogP contribution is 2.16. The van der Waals surface area contributed by atoms with Crippen molar-refractivity contribution < 1.29 is 14.7 Å². The smallest absolute Gasteiger partial charge is 0.317 e. The molecule has 0 saturated carbocycles. The van der Waals surface area contributed by atoms with Crippen LogP contribution in [0.2, 0.25) is 0 Å². The van der Waals surface area contributed by atoms with Crippen molar-refractivity contribution in [2.75, 3.05) is 39.3 Å². The standard InChI is InChI=1S/C14H27N3O3/c1-11(2)7-12(9-15)8-13(18)17-5-3-16(4-6-17)10-14(19)20/h11-12H,3-10,15H2,1-2H3,(H,19,20)/t12-/m0/s1. The van der Waals surface area contributed by atoms with Gasteiger partial charge in [0.15, 0.2) is 0 Å². The first-order chi connectivity index (χ1) is 9.42. The molecule has 0 bridgehead atoms. The number of hydrogen-bond donors (Lipinski definition) is 2. The van der Waals surface area contributed by atoms with Crippen molar-refractivity contribution in [2.24, 2.45) is 17.6 Å². The van der Waals surface area contributed by atoms with Gasteiger partial charge in [-0.05, 0) is 24.8 Å². The van der Waals surface area contributed by atoms with Gasteiger partial charge >= 0.3 is 5.97 Å². The largest absolute Gasteiger partial charge is 0.480 e. The highest BCUT2D eigenvalue weighted by Gasteiger charge is 2.24. The van der Waals surface area contributed by atoms with Gasteiger partial charge in [-0.25, -0.2) is 0 Å². The molecule has 20 heavy (non-hydrogen) atoms. The van der Waals surface area contributed by atoms with E-state index in [1.165, 1.54) is 0 Å². The molecule has 0 unspecified atom stereocenters. The summed E-state index contributed by atoms with van der Waals surface area (Å²) in [4.78, 5) is 26.5. The van der Waals surface area contributed by atoms with Gasteiger partial charge < -0.3 is 15.7 Å². The number of amides is 1. The minimum Gasteiger partial charge on any atom is -0.480 e. The van der Waals surface area contributed by atoms with Crippen LogP contribution in [0.15, 0.2) is 0 Å². The molecule has 1 fully saturated rings. The minimum absolute atomic E-state index is 0.0564. The van der Waals surface area contributed by atoms with Crippen molar-refractivity contribution in [1.29, 1.82) is 0 Å². The lowest BCUT2D eigenvalue weighted by Gasteiger charge is -2.34. The fraction of sp³-hybridized carbons (Fsp3) is 0.857. The molecule has 0 spiro atoms. The number of carboxylic acid groups (broad SMARTS) is 1. The monoisotopic (exact) mass is 285 g/mol. The lowest BCUT2D eigenvalue weighted by Crippen LogP contribution is -2.50. The third-order valence-corrected chi connectivity index (χ3v) is 3.69. The average molecular weight is 285 g/mol. The molecule has 1 rings (SSSR count). The molecular weight excluding hydrogens is 258 g/mol. The molecule has 0 aromatic rings. The van der Waals surface area contributed by atoms with Crippen molar-refractivity contribution >= 4 is 11.9 Å². The van der Waals surface area contributed by atoms with Crippen molar-refractivity contribution in [3.05, 3.63) is 0 Å². The second-order valence-corrected chi connectivity index (χ2v) is 5.99. The van der Waals surface area contributed by atoms with Crippen LogP contribution in [0.4, 0.5) is 0 Å². The molecule has 1 saturated heterocycles. The van der Waals surface area contributed by atoms with Gasteiger partial charge in [0.1, 0.15) is 0 Å². The van der Waals surface area contributed by atoms with Gasteiger partial charge in [0, 0.05) is 32.6 Å². The first kappa shape index (κ1) is 16.9. The van der Waals surface area contributed by atoms with Gasteiger partial charge in [-0.2, -0.15) is 0 Å². The fourth-order valence-corrected chi connectivity index (χ4v) is 2.65. The number of carbonyl (C=O) groups is 2. The molecule has 0 aromatic carbocycles. The van der Waals surface area contributed by atoms with Gasteiger partial charge in [0.25, 0.3) is 0 Å². The van der Waals surface area contributed by atoms with Crippen molar-refractivity contribution in [3.8, 4) is 0 Å². The zero-order valence-corrected chi connectivity index (χ0v) is 12.5. The Morgan fingerprint density at radius 1 is 1.20 bits per heavy atom. The molecule has 3 N–H and O–H groups in total. The second-order valence-electron chi connectivity index (χ2n) is 5.99. The summed E-state index contributed by atoms with van der Waals surface area (Å²) < 4.78 is 0. The number of hydrogen-bond acceptors (Lipinski definition) is 4. The fourth-order valence-electron chi connectivity index (χ4n) is 2.65. The molecule has 0 aromatic heterocycles. The van der Waals surface area contributed by atoms with Crippen LogP contribution in [0.3, 0.4) is 0 Å². The number of aliphatic carboxylic acids is 1. The quantitative estimate of drug-likeness (QED) is 0.699. The maximum absolute atomic E-state index is 12.2. The van der Waals surface area contributed by atoms with E-state index >= 15 is 0 Å². The summed E-state index contributed by atoms with van der Waals surface area (Å²) in [6.45, 7) is 7.38. The Labute approximate surface area is 120 Å². The van der Waals surface area contributed by atoms with Crippen LogP contribution in [0.25, 0.3) is 0 Å². The Bertz CT molecular complexity index is 326. The van der Waals surface area contributed by atoms with Gasteiger partial charge in [0.2, 0.25) is 5.91 Å². The summed E-state index contributed by atoms with van der Waals surface area (Å²) in [5.74, 6) is 0.129. The Balaban J connectivity index is 2.36. The predicted molar refractivity (Wildman–Crippen MR) is 77.3 cm³/mol. The predicted octanol–water partition coefficient (Wildman–Crippen LogP) is 0.226. The van der Waals surface area contributed by atoms with E-state index in [2.05, 4.69) is 13.8 Å². The van der Waals surface area contributed by atoms with E-state index in [0.717, 1.165) is 6.42 Å². The van der Waals surface area contributed by atoms with E-state index in [-0.39, 0.29) is 18.4 Å². The van der Waals surface area contributed by atoms with E-state index in [1.54, 1.807) is 0 Å². The molecule has 1 amide bonds. The van der Waals surface area contributed by atoms with Crippen LogP contribution < -0.4 is 5.73 Å². The molecular formula is C14H27N3O3. The number of carboxylic acids is 1. The van der Waals surface area contributed by atoms with E-state index in [0.29, 0.717) is 45.1 Å². The molecule has 1 heterocycles. The maximum atomic E-state index is 12.2. The lowest BCUT2D eigenvalue weighted by atomic mass is 9.93. The zero-order chi connectivity index (χ0) is 15.1. The van der Waals surface area contributed by atoms with Crippen LogP contribution in [-0.2, 0) is 9.59 Å². The number of piperazine rings is 1. The summed E-state index contributed by atoms with van der Waals surface area (Å²) in [5.41, 5.74) is 5.73. The number of nitrogens with zero attached hydrogens (tertiary/aromatic N) is 2. The SMILES string of the molecule is CC(C)C[C@H](CN)CC(=O)N1CCN(CC(=O)O)CC1. The molecule has 1 aliphatic heterocycles. The van der Waals surface area contributed by atoms with Gasteiger partial charge in [0.05, 0.1) is 6.54 Å². The van der Waals surface area contributed by atoms with Crippen LogP contribution in [-0.4, -0.2) is 66.1 Å². The highest BCUT2D eigenvalue weighted by atomic mass is 16.4. The summed E-state index contributed by atoms with van der Waals surface area (Å²) in [5, 5.41) is 8.74. The van der Waals surface area contributed by atoms with Crippen LogP contribution in [0.5, 0.6) is 0 Å². The maximum Gasteiger partial charge on any atom is 0.317 e. The Kier molecular flexibility index (Phi) is 6.95. The van der Waals surface area contributed by atoms with Crippen molar-refractivity contribution in [3.63, 3.8) is 0 Å². The summed E-state index contributed by atoms with van der Waals surface area (Å²) >= 11 is 0. The number of nitrogens with two attached hydrogens (primary N) is 1. The molecule has 6 heteroatoms. The molecule has 0 radical (unpaired) electrons. The normalized spacial score (nSPS) is 18.3. The third kappa shape index (κ3) is 5.88. The van der Waals surface area contributed by atoms with Crippen LogP contribution in [0.1, 0.15) is 26.7 Å². The molecule has 1 aliphatic rings. The summed E-state index contributed by atoms with van der Waals surface area (Å²) in [6.07, 6.45) is 1.48. The Morgan fingerprint density at radius 3 is 2.25 bits per heavy atom. The lowest BCUT2D eigenvalue weighted by molar-refractivity contribution is -0.139. The van der Waals surface area contributed by atoms with Crippen LogP contribution >= 0.6 is 0 Å². The highest BCUT2D eigenvalue weighted by molar-refractivity contribution is 5.76. The van der Waals surface area contributed by atoms with Crippen LogP contribution in [0, 0.1) is 11.8 Å². The summed E-state index contributed by atoms with van der Waals surface area (Å²) in [6, 6.07) is 0. The van der Waals surface area contributed by atoms with E-state index < -0.39 is 5.97 Å². The topological polar surface area (TPSA) is 86.9 Å². The first-order valence-corrected chi connectivity index (χ1v) is 7.34. The number of rotatable bonds is 7. The van der Waals surface area contributed by atoms with E-state index in [9.17, 15) is 9.59 Å². The molecule has 0 aliphatic carbocycles. The zero-order valence-electron chi connectivity index (χ0n) is 12.5. The van der Waals surface area contributed by atoms with Crippen molar-refractivity contribution in [2.45, 2.75) is 26.7 Å². The van der Waals surface area contributed by atoms with E-state index in [4.69, 9.17) is 10.8 Å². The Morgan fingerprint density at radius 2 is 1.80 bits per heavy atom. The van der Waals surface area contributed by atoms with Gasteiger partial charge in [-0.3, -0.25) is 14.5 Å². The number of carbonyl (C=O) groups excluding carboxylic acids is 1. The van der Waals surface area contributed by atoms with Crippen molar-refractivity contribution in [1.82, 2.24) is 9.80 Å². The average Bonchev–Trinajstić information content (AvgIpc) is 2.37. The second kappa shape index (κ2) is 8.21. The summed E-state index contributed by atoms with van der Waals surface area (Å²) in [7, 11) is 0.